The van der Waals surface area contributed by atoms with Gasteiger partial charge in [-0.15, -0.1) is 11.6 Å². The molecule has 0 radical (unpaired) electrons. The molecule has 1 atom stereocenters. The summed E-state index contributed by atoms with van der Waals surface area (Å²) in [5, 5.41) is 7.93. The van der Waals surface area contributed by atoms with Crippen LogP contribution < -0.4 is 4.90 Å². The van der Waals surface area contributed by atoms with E-state index in [0.717, 1.165) is 31.7 Å². The van der Waals surface area contributed by atoms with Crippen molar-refractivity contribution in [3.63, 3.8) is 0 Å². The number of rotatable bonds is 4. The lowest BCUT2D eigenvalue weighted by molar-refractivity contribution is -0.136. The predicted octanol–water partition coefficient (Wildman–Crippen LogP) is 1.67. The molecule has 1 unspecified atom stereocenters. The van der Waals surface area contributed by atoms with Crippen molar-refractivity contribution in [2.75, 3.05) is 38.1 Å². The first kappa shape index (κ1) is 14.2. The Bertz CT molecular complexity index is 428. The molecular weight excluding hydrogens is 264 g/mol. The average Bonchev–Trinajstić information content (AvgIpc) is 2.40. The van der Waals surface area contributed by atoms with E-state index in [9.17, 15) is 4.79 Å². The molecule has 1 aliphatic rings. The number of carbonyl (C=O) groups is 1. The first-order valence-electron chi connectivity index (χ1n) is 6.45. The highest BCUT2D eigenvalue weighted by Gasteiger charge is 2.16. The molecule has 0 spiro atoms. The molecular formula is C14H19ClN2O2. The molecule has 2 rings (SSSR count). The van der Waals surface area contributed by atoms with E-state index in [2.05, 4.69) is 16.8 Å². The molecule has 1 aromatic carbocycles. The molecule has 1 fully saturated rings. The Morgan fingerprint density at radius 1 is 1.26 bits per heavy atom. The first-order chi connectivity index (χ1) is 9.06. The number of hydrogen-bond acceptors (Lipinski definition) is 3. The van der Waals surface area contributed by atoms with E-state index >= 15 is 0 Å². The fourth-order valence-corrected chi connectivity index (χ4v) is 2.38. The van der Waals surface area contributed by atoms with Crippen LogP contribution in [0.4, 0.5) is 5.69 Å². The van der Waals surface area contributed by atoms with Crippen LogP contribution in [0.25, 0.3) is 0 Å². The molecule has 1 aliphatic heterocycles. The van der Waals surface area contributed by atoms with Crippen molar-refractivity contribution in [2.45, 2.75) is 11.8 Å². The highest BCUT2D eigenvalue weighted by molar-refractivity contribution is 6.29. The summed E-state index contributed by atoms with van der Waals surface area (Å²) in [6.45, 7) is 4.21. The van der Waals surface area contributed by atoms with Crippen LogP contribution in [0.3, 0.4) is 0 Å². The molecule has 4 nitrogen and oxygen atoms in total. The molecule has 0 aliphatic carbocycles. The number of anilines is 1. The number of carboxylic acid groups (broad SMARTS) is 1. The van der Waals surface area contributed by atoms with Crippen LogP contribution in [-0.4, -0.2) is 54.6 Å². The Balaban J connectivity index is 1.96. The van der Waals surface area contributed by atoms with E-state index in [0.29, 0.717) is 6.42 Å². The summed E-state index contributed by atoms with van der Waals surface area (Å²) in [6.07, 6.45) is 0.361. The quantitative estimate of drug-likeness (QED) is 0.854. The Morgan fingerprint density at radius 2 is 1.84 bits per heavy atom. The molecule has 104 valence electrons. The monoisotopic (exact) mass is 282 g/mol. The third-order valence-corrected chi connectivity index (χ3v) is 3.83. The lowest BCUT2D eigenvalue weighted by atomic mass is 10.1. The Hall–Kier alpha value is -1.26. The lowest BCUT2D eigenvalue weighted by Crippen LogP contribution is -2.44. The highest BCUT2D eigenvalue weighted by atomic mass is 35.5. The second-order valence-electron chi connectivity index (χ2n) is 4.97. The standard InChI is InChI=1S/C14H19ClN2O2/c1-16-6-8-17(9-7-16)12-4-2-11(3-5-12)10-13(15)14(18)19/h2-5,13H,6-10H2,1H3,(H,18,19). The summed E-state index contributed by atoms with van der Waals surface area (Å²) in [5.74, 6) is -0.968. The third kappa shape index (κ3) is 3.85. The first-order valence-corrected chi connectivity index (χ1v) is 6.89. The number of nitrogens with zero attached hydrogens (tertiary/aromatic N) is 2. The van der Waals surface area contributed by atoms with Crippen molar-refractivity contribution in [3.05, 3.63) is 29.8 Å². The van der Waals surface area contributed by atoms with Gasteiger partial charge in [-0.05, 0) is 31.2 Å². The summed E-state index contributed by atoms with van der Waals surface area (Å²) < 4.78 is 0. The SMILES string of the molecule is CN1CCN(c2ccc(CC(Cl)C(=O)O)cc2)CC1. The summed E-state index contributed by atoms with van der Waals surface area (Å²) in [4.78, 5) is 15.4. The number of hydrogen-bond donors (Lipinski definition) is 1. The van der Waals surface area contributed by atoms with Gasteiger partial charge in [-0.2, -0.15) is 0 Å². The minimum absolute atomic E-state index is 0.361. The molecule has 1 heterocycles. The molecule has 1 saturated heterocycles. The molecule has 0 bridgehead atoms. The van der Waals surface area contributed by atoms with Crippen LogP contribution in [0.2, 0.25) is 0 Å². The zero-order valence-electron chi connectivity index (χ0n) is 11.1. The minimum atomic E-state index is -0.968. The van der Waals surface area contributed by atoms with Crippen molar-refractivity contribution < 1.29 is 9.90 Å². The lowest BCUT2D eigenvalue weighted by Gasteiger charge is -2.34. The van der Waals surface area contributed by atoms with Gasteiger partial charge >= 0.3 is 5.97 Å². The Labute approximate surface area is 118 Å². The van der Waals surface area contributed by atoms with Gasteiger partial charge in [0.1, 0.15) is 5.38 Å². The van der Waals surface area contributed by atoms with Crippen LogP contribution in [0.5, 0.6) is 0 Å². The number of piperazine rings is 1. The molecule has 1 N–H and O–H groups in total. The van der Waals surface area contributed by atoms with Gasteiger partial charge in [0.05, 0.1) is 0 Å². The maximum atomic E-state index is 10.7. The second kappa shape index (κ2) is 6.26. The zero-order chi connectivity index (χ0) is 13.8. The van der Waals surface area contributed by atoms with E-state index < -0.39 is 11.3 Å². The van der Waals surface area contributed by atoms with E-state index in [1.807, 2.05) is 24.3 Å². The number of benzene rings is 1. The maximum absolute atomic E-state index is 10.7. The van der Waals surface area contributed by atoms with Gasteiger partial charge < -0.3 is 14.9 Å². The fraction of sp³-hybridized carbons (Fsp3) is 0.500. The number of likely N-dealkylation sites (N-methyl/N-ethyl adjacent to an activating group) is 1. The topological polar surface area (TPSA) is 43.8 Å². The fourth-order valence-electron chi connectivity index (χ4n) is 2.20. The zero-order valence-corrected chi connectivity index (χ0v) is 11.8. The number of aliphatic carboxylic acids is 1. The van der Waals surface area contributed by atoms with Gasteiger partial charge in [0.25, 0.3) is 0 Å². The number of halogens is 1. The van der Waals surface area contributed by atoms with Crippen LogP contribution >= 0.6 is 11.6 Å². The van der Waals surface area contributed by atoms with E-state index in [1.54, 1.807) is 0 Å². The van der Waals surface area contributed by atoms with Crippen LogP contribution in [0.1, 0.15) is 5.56 Å². The number of carboxylic acids is 1. The second-order valence-corrected chi connectivity index (χ2v) is 5.49. The van der Waals surface area contributed by atoms with Crippen molar-refractivity contribution >= 4 is 23.3 Å². The van der Waals surface area contributed by atoms with E-state index in [-0.39, 0.29) is 0 Å². The molecule has 5 heteroatoms. The minimum Gasteiger partial charge on any atom is -0.480 e. The summed E-state index contributed by atoms with van der Waals surface area (Å²) >= 11 is 5.74. The molecule has 0 aromatic heterocycles. The number of alkyl halides is 1. The average molecular weight is 283 g/mol. The van der Waals surface area contributed by atoms with Crippen molar-refractivity contribution in [2.24, 2.45) is 0 Å². The van der Waals surface area contributed by atoms with Crippen LogP contribution in [-0.2, 0) is 11.2 Å². The van der Waals surface area contributed by atoms with Crippen molar-refractivity contribution in [1.82, 2.24) is 4.90 Å². The Kier molecular flexibility index (Phi) is 4.66. The normalized spacial score (nSPS) is 18.3. The highest BCUT2D eigenvalue weighted by Crippen LogP contribution is 2.18. The Morgan fingerprint density at radius 3 is 2.37 bits per heavy atom. The van der Waals surface area contributed by atoms with Crippen LogP contribution in [0.15, 0.2) is 24.3 Å². The summed E-state index contributed by atoms with van der Waals surface area (Å²) in [6, 6.07) is 8.02. The van der Waals surface area contributed by atoms with Gasteiger partial charge in [0, 0.05) is 31.9 Å². The molecule has 0 amide bonds. The smallest absolute Gasteiger partial charge is 0.321 e. The van der Waals surface area contributed by atoms with E-state index in [4.69, 9.17) is 16.7 Å². The van der Waals surface area contributed by atoms with Gasteiger partial charge in [-0.3, -0.25) is 4.79 Å². The van der Waals surface area contributed by atoms with Crippen molar-refractivity contribution in [1.29, 1.82) is 0 Å². The maximum Gasteiger partial charge on any atom is 0.321 e. The van der Waals surface area contributed by atoms with E-state index in [1.165, 1.54) is 5.69 Å². The van der Waals surface area contributed by atoms with Gasteiger partial charge in [-0.1, -0.05) is 12.1 Å². The summed E-state index contributed by atoms with van der Waals surface area (Å²) in [7, 11) is 2.13. The van der Waals surface area contributed by atoms with Gasteiger partial charge in [-0.25, -0.2) is 0 Å². The molecule has 19 heavy (non-hydrogen) atoms. The predicted molar refractivity (Wildman–Crippen MR) is 77.1 cm³/mol. The van der Waals surface area contributed by atoms with Gasteiger partial charge in [0.15, 0.2) is 0 Å². The molecule has 0 saturated carbocycles. The molecule has 1 aromatic rings. The third-order valence-electron chi connectivity index (χ3n) is 3.49. The van der Waals surface area contributed by atoms with Crippen LogP contribution in [0, 0.1) is 0 Å². The van der Waals surface area contributed by atoms with Crippen molar-refractivity contribution in [3.8, 4) is 0 Å². The van der Waals surface area contributed by atoms with Gasteiger partial charge in [0.2, 0.25) is 0 Å². The largest absolute Gasteiger partial charge is 0.480 e. The summed E-state index contributed by atoms with van der Waals surface area (Å²) in [5.41, 5.74) is 2.15.